The Labute approximate surface area is 572 Å². The third-order valence-corrected chi connectivity index (χ3v) is 19.7. The van der Waals surface area contributed by atoms with E-state index in [1.54, 1.807) is 69.0 Å². The third-order valence-electron chi connectivity index (χ3n) is 19.7. The molecule has 22 nitrogen and oxygen atoms in total. The Kier molecular flexibility index (Phi) is 33.8. The van der Waals surface area contributed by atoms with E-state index in [9.17, 15) is 66.2 Å². The zero-order valence-electron chi connectivity index (χ0n) is 59.7. The maximum atomic E-state index is 14.7. The van der Waals surface area contributed by atoms with Gasteiger partial charge in [-0.3, -0.25) is 53.0 Å². The number of carboxylic acids is 1. The van der Waals surface area contributed by atoms with Gasteiger partial charge in [-0.25, -0.2) is 4.79 Å². The van der Waals surface area contributed by atoms with Gasteiger partial charge in [-0.05, 0) is 125 Å². The van der Waals surface area contributed by atoms with E-state index in [2.05, 4.69) is 21.3 Å². The fraction of sp³-hybridized carbons (Fsp3) is 0.694. The number of alkyl halides is 3. The number of nitrogens with zero attached hydrogens (tertiary/aromatic N) is 4. The Morgan fingerprint density at radius 1 is 0.732 bits per heavy atom. The second kappa shape index (κ2) is 39.7. The van der Waals surface area contributed by atoms with E-state index in [0.717, 1.165) is 10.5 Å². The van der Waals surface area contributed by atoms with Gasteiger partial charge in [0.25, 0.3) is 0 Å². The average Bonchev–Trinajstić information content (AvgIpc) is 1.61. The molecular weight excluding hydrogens is 1260 g/mol. The number of hydrogen-bond acceptors (Lipinski definition) is 14. The van der Waals surface area contributed by atoms with Crippen molar-refractivity contribution in [3.63, 3.8) is 0 Å². The second-order valence-electron chi connectivity index (χ2n) is 28.1. The summed E-state index contributed by atoms with van der Waals surface area (Å²) in [6.07, 6.45) is -4.63. The number of carbonyl (C=O) groups excluding carboxylic acids is 9. The van der Waals surface area contributed by atoms with Crippen LogP contribution in [-0.4, -0.2) is 194 Å². The number of carbonyl (C=O) groups is 10. The first-order valence-electron chi connectivity index (χ1n) is 34.6. The van der Waals surface area contributed by atoms with Crippen molar-refractivity contribution in [1.29, 1.82) is 0 Å². The molecule has 0 bridgehead atoms. The number of nitrogens with two attached hydrogens (primary N) is 1. The smallest absolute Gasteiger partial charge is 0.404 e. The molecule has 2 aromatic carbocycles. The van der Waals surface area contributed by atoms with Crippen LogP contribution in [0, 0.1) is 53.3 Å². The van der Waals surface area contributed by atoms with Gasteiger partial charge in [0, 0.05) is 95.9 Å². The standard InChI is InChI=1S/C72H112F3N9O13/c1-15-46(8)65(82(12)69(92)54(43(2)3)40-58(87)64(45(6)7)81(10)11)59(96-13)41-62(89)84-34-20-25-55(84)66(97-14)47(9)56(85)38-52(36-48-22-17-16-18-23-48)67(90)78-42-49-27-29-53(30-28-49)79-68(91)50(24-19-32-77-71(76)95)37-57(86)63(44(4)5)80-61(88)26-21-33-83-35-31-51(70(93)94)39-60(83)72(73,74)75/h16-18,22-23,27-30,43-47,50-52,54-55,59-60,63-66H,15,19-21,24-26,31-42H2,1-14H3,(H,78,90)(H,79,91)(H,80,88)(H,93,94)(H3,76,77,95)/t46-,47-,50+,51-,52+,54-,55-,59+,60+,63-,64-,65-,66+/m0/s1. The molecule has 4 rings (SSSR count). The molecule has 2 heterocycles. The Balaban J connectivity index is 1.43. The molecule has 0 spiro atoms. The average molecular weight is 1370 g/mol. The van der Waals surface area contributed by atoms with Crippen LogP contribution in [0.3, 0.4) is 0 Å². The van der Waals surface area contributed by atoms with Crippen molar-refractivity contribution in [3.05, 3.63) is 65.7 Å². The van der Waals surface area contributed by atoms with Crippen LogP contribution in [-0.2, 0) is 65.6 Å². The Bertz CT molecular complexity index is 2890. The molecule has 25 heteroatoms. The third kappa shape index (κ3) is 25.1. The number of benzene rings is 2. The number of rotatable bonds is 41. The number of amides is 7. The molecule has 544 valence electrons. The highest BCUT2D eigenvalue weighted by molar-refractivity contribution is 5.97. The van der Waals surface area contributed by atoms with Crippen LogP contribution in [0.15, 0.2) is 54.6 Å². The van der Waals surface area contributed by atoms with Gasteiger partial charge in [0.05, 0.1) is 48.7 Å². The number of likely N-dealkylation sites (tertiary alicyclic amines) is 2. The molecule has 7 amide bonds. The van der Waals surface area contributed by atoms with Crippen LogP contribution in [0.5, 0.6) is 0 Å². The molecule has 2 fully saturated rings. The number of primary amides is 1. The molecule has 2 aromatic rings. The van der Waals surface area contributed by atoms with Crippen molar-refractivity contribution in [3.8, 4) is 0 Å². The van der Waals surface area contributed by atoms with Crippen molar-refractivity contribution in [2.75, 3.05) is 66.9 Å². The topological polar surface area (TPSA) is 296 Å². The highest BCUT2D eigenvalue weighted by Gasteiger charge is 2.48. The molecule has 97 heavy (non-hydrogen) atoms. The number of halogens is 3. The Morgan fingerprint density at radius 2 is 1.38 bits per heavy atom. The van der Waals surface area contributed by atoms with Crippen LogP contribution >= 0.6 is 0 Å². The molecule has 0 aromatic heterocycles. The van der Waals surface area contributed by atoms with Gasteiger partial charge in [0.2, 0.25) is 29.5 Å². The lowest BCUT2D eigenvalue weighted by atomic mass is 9.83. The number of likely N-dealkylation sites (N-methyl/N-ethyl adjacent to an activating group) is 2. The number of nitrogens with one attached hydrogen (secondary N) is 4. The molecule has 0 saturated carbocycles. The number of hydrogen-bond donors (Lipinski definition) is 6. The Morgan fingerprint density at radius 3 is 1.94 bits per heavy atom. The summed E-state index contributed by atoms with van der Waals surface area (Å²) in [5.74, 6) is -8.60. The molecule has 2 aliphatic rings. The van der Waals surface area contributed by atoms with Gasteiger partial charge in [0.1, 0.15) is 11.8 Å². The number of Topliss-reactive ketones (excluding diaryl/α,β-unsaturated/α-hetero) is 3. The summed E-state index contributed by atoms with van der Waals surface area (Å²) in [6.45, 7) is 17.5. The van der Waals surface area contributed by atoms with E-state index in [0.29, 0.717) is 37.1 Å². The molecule has 13 atom stereocenters. The maximum Gasteiger partial charge on any atom is 0.404 e. The number of ketones is 3. The fourth-order valence-electron chi connectivity index (χ4n) is 14.1. The number of anilines is 1. The summed E-state index contributed by atoms with van der Waals surface area (Å²) in [6, 6.07) is 10.9. The van der Waals surface area contributed by atoms with Gasteiger partial charge in [0.15, 0.2) is 11.6 Å². The lowest BCUT2D eigenvalue weighted by molar-refractivity contribution is -0.197. The summed E-state index contributed by atoms with van der Waals surface area (Å²) >= 11 is 0. The van der Waals surface area contributed by atoms with Crippen molar-refractivity contribution in [2.45, 2.75) is 207 Å². The summed E-state index contributed by atoms with van der Waals surface area (Å²) in [4.78, 5) is 142. The van der Waals surface area contributed by atoms with Crippen LogP contribution < -0.4 is 27.0 Å². The lowest BCUT2D eigenvalue weighted by Crippen LogP contribution is -2.54. The minimum absolute atomic E-state index is 0.00263. The predicted octanol–water partition coefficient (Wildman–Crippen LogP) is 8.47. The molecule has 2 aliphatic heterocycles. The minimum Gasteiger partial charge on any atom is -0.481 e. The molecule has 0 radical (unpaired) electrons. The normalized spacial score (nSPS) is 19.2. The molecule has 7 N–H and O–H groups in total. The van der Waals surface area contributed by atoms with Crippen molar-refractivity contribution in [2.24, 2.45) is 59.0 Å². The van der Waals surface area contributed by atoms with Crippen LogP contribution in [0.25, 0.3) is 0 Å². The first-order valence-corrected chi connectivity index (χ1v) is 34.6. The monoisotopic (exact) mass is 1370 g/mol. The largest absolute Gasteiger partial charge is 0.481 e. The van der Waals surface area contributed by atoms with Gasteiger partial charge < -0.3 is 51.4 Å². The zero-order valence-corrected chi connectivity index (χ0v) is 59.7. The lowest BCUT2D eigenvalue weighted by Gasteiger charge is -2.41. The fourth-order valence-corrected chi connectivity index (χ4v) is 14.1. The van der Waals surface area contributed by atoms with Crippen LogP contribution in [0.2, 0.25) is 0 Å². The number of methoxy groups -OCH3 is 2. The summed E-state index contributed by atoms with van der Waals surface area (Å²) in [7, 11) is 8.54. The highest BCUT2D eigenvalue weighted by Crippen LogP contribution is 2.36. The van der Waals surface area contributed by atoms with Crippen molar-refractivity contribution < 1.29 is 75.7 Å². The SMILES string of the molecule is CC[C@H](C)[C@@H]([C@@H](CC(=O)N1CCC[C@H]1[C@H](OC)[C@@H](C)C(=O)C[C@@H](Cc1ccccc1)C(=O)NCc1ccc(NC(=O)[C@H](CCCNC(N)=O)CC(=O)[C@@H](NC(=O)CCCN2CC[C@H](C(=O)O)C[C@@H]2C(F)(F)F)C(C)C)cc1)OC)N(C)C(=O)[C@@H](CC(=O)[C@H](C(C)C)N(C)C)C(C)C. The highest BCUT2D eigenvalue weighted by atomic mass is 19.4. The van der Waals surface area contributed by atoms with E-state index in [4.69, 9.17) is 15.2 Å². The molecular formula is C72H112F3N9O13. The quantitative estimate of drug-likeness (QED) is 0.0340. The van der Waals surface area contributed by atoms with Gasteiger partial charge in [-0.2, -0.15) is 13.2 Å². The predicted molar refractivity (Wildman–Crippen MR) is 364 cm³/mol. The number of piperidine rings is 1. The van der Waals surface area contributed by atoms with Crippen LogP contribution in [0.4, 0.5) is 23.7 Å². The molecule has 0 unspecified atom stereocenters. The first-order chi connectivity index (χ1) is 45.6. The van der Waals surface area contributed by atoms with E-state index < -0.39 is 114 Å². The van der Waals surface area contributed by atoms with E-state index in [1.165, 1.54) is 7.11 Å². The van der Waals surface area contributed by atoms with Crippen LogP contribution in [0.1, 0.15) is 157 Å². The molecule has 0 aliphatic carbocycles. The van der Waals surface area contributed by atoms with E-state index >= 15 is 0 Å². The Hall–Kier alpha value is -6.83. The zero-order chi connectivity index (χ0) is 72.6. The summed E-state index contributed by atoms with van der Waals surface area (Å²) in [5.41, 5.74) is 7.14. The van der Waals surface area contributed by atoms with E-state index in [-0.39, 0.29) is 143 Å². The van der Waals surface area contributed by atoms with Crippen molar-refractivity contribution >= 4 is 64.6 Å². The van der Waals surface area contributed by atoms with E-state index in [1.807, 2.05) is 90.9 Å². The molecule has 2 saturated heterocycles. The summed E-state index contributed by atoms with van der Waals surface area (Å²) < 4.78 is 54.0. The van der Waals surface area contributed by atoms with Gasteiger partial charge >= 0.3 is 18.2 Å². The van der Waals surface area contributed by atoms with Gasteiger partial charge in [-0.1, -0.05) is 111 Å². The summed E-state index contributed by atoms with van der Waals surface area (Å²) in [5, 5.41) is 20.4. The van der Waals surface area contributed by atoms with Crippen molar-refractivity contribution in [1.82, 2.24) is 35.6 Å². The van der Waals surface area contributed by atoms with Gasteiger partial charge in [-0.15, -0.1) is 0 Å². The minimum atomic E-state index is -4.66. The number of urea groups is 1. The number of carboxylic acid groups (broad SMARTS) is 1. The first kappa shape index (κ1) is 82.6. The maximum absolute atomic E-state index is 14.7. The second-order valence-corrected chi connectivity index (χ2v) is 28.1. The number of aliphatic carboxylic acids is 1. The number of ether oxygens (including phenoxy) is 2.